The third kappa shape index (κ3) is 2.66. The van der Waals surface area contributed by atoms with Crippen LogP contribution in [-0.2, 0) is 4.79 Å². The zero-order valence-electron chi connectivity index (χ0n) is 7.77. The maximum Gasteiger partial charge on any atom is 0.320 e. The normalized spacial score (nSPS) is 26.5. The first kappa shape index (κ1) is 11.3. The predicted octanol–water partition coefficient (Wildman–Crippen LogP) is 2.58. The molecule has 82 valence electrons. The molecule has 0 spiro atoms. The molecular formula is C9H10ClNO2S2. The summed E-state index contributed by atoms with van der Waals surface area (Å²) in [6.07, 6.45) is 0.676. The van der Waals surface area contributed by atoms with Crippen LogP contribution in [0.3, 0.4) is 0 Å². The van der Waals surface area contributed by atoms with Crippen molar-refractivity contribution >= 4 is 40.7 Å². The quantitative estimate of drug-likeness (QED) is 0.861. The van der Waals surface area contributed by atoms with Crippen molar-refractivity contribution in [2.45, 2.75) is 17.8 Å². The van der Waals surface area contributed by atoms with E-state index < -0.39 is 12.0 Å². The van der Waals surface area contributed by atoms with Crippen LogP contribution in [0.4, 0.5) is 0 Å². The molecule has 2 heterocycles. The lowest BCUT2D eigenvalue weighted by molar-refractivity contribution is -0.139. The van der Waals surface area contributed by atoms with Crippen LogP contribution in [0.1, 0.15) is 16.7 Å². The molecule has 15 heavy (non-hydrogen) atoms. The third-order valence-corrected chi connectivity index (χ3v) is 4.83. The van der Waals surface area contributed by atoms with E-state index >= 15 is 0 Å². The van der Waals surface area contributed by atoms with E-state index in [9.17, 15) is 4.79 Å². The van der Waals surface area contributed by atoms with Gasteiger partial charge >= 0.3 is 5.97 Å². The zero-order valence-corrected chi connectivity index (χ0v) is 10.2. The van der Waals surface area contributed by atoms with Crippen molar-refractivity contribution in [2.24, 2.45) is 0 Å². The van der Waals surface area contributed by atoms with Crippen molar-refractivity contribution in [3.8, 4) is 0 Å². The van der Waals surface area contributed by atoms with Crippen LogP contribution < -0.4 is 5.32 Å². The highest BCUT2D eigenvalue weighted by molar-refractivity contribution is 7.99. The summed E-state index contributed by atoms with van der Waals surface area (Å²) >= 11 is 9.07. The van der Waals surface area contributed by atoms with Gasteiger partial charge in [-0.15, -0.1) is 23.1 Å². The first-order valence-electron chi connectivity index (χ1n) is 4.52. The van der Waals surface area contributed by atoms with Gasteiger partial charge in [0.25, 0.3) is 0 Å². The van der Waals surface area contributed by atoms with Crippen LogP contribution in [-0.4, -0.2) is 22.9 Å². The summed E-state index contributed by atoms with van der Waals surface area (Å²) < 4.78 is 0.741. The average Bonchev–Trinajstić information content (AvgIpc) is 2.65. The molecule has 1 fully saturated rings. The van der Waals surface area contributed by atoms with Crippen LogP contribution in [0.2, 0.25) is 4.34 Å². The Balaban J connectivity index is 2.07. The fraction of sp³-hybridized carbons (Fsp3) is 0.444. The Morgan fingerprint density at radius 2 is 2.40 bits per heavy atom. The molecule has 0 aromatic carbocycles. The lowest BCUT2D eigenvalue weighted by atomic mass is 10.2. The molecular weight excluding hydrogens is 254 g/mol. The molecule has 0 amide bonds. The molecule has 0 aliphatic carbocycles. The molecule has 2 rings (SSSR count). The highest BCUT2D eigenvalue weighted by Gasteiger charge is 2.27. The highest BCUT2D eigenvalue weighted by atomic mass is 35.5. The second kappa shape index (κ2) is 4.74. The first-order chi connectivity index (χ1) is 7.16. The SMILES string of the molecule is O=C(O)C1CCSC(c2ccc(Cl)s2)N1. The van der Waals surface area contributed by atoms with E-state index in [1.807, 2.05) is 12.1 Å². The van der Waals surface area contributed by atoms with Crippen molar-refractivity contribution in [3.05, 3.63) is 21.3 Å². The second-order valence-electron chi connectivity index (χ2n) is 3.24. The van der Waals surface area contributed by atoms with Crippen LogP contribution in [0.5, 0.6) is 0 Å². The minimum absolute atomic E-state index is 0.0670. The summed E-state index contributed by atoms with van der Waals surface area (Å²) in [5.41, 5.74) is 0. The number of carboxylic acid groups (broad SMARTS) is 1. The number of halogens is 1. The molecule has 2 atom stereocenters. The number of carboxylic acids is 1. The fourth-order valence-corrected chi connectivity index (χ4v) is 3.91. The number of aliphatic carboxylic acids is 1. The fourth-order valence-electron chi connectivity index (χ4n) is 1.45. The summed E-state index contributed by atoms with van der Waals surface area (Å²) in [6.45, 7) is 0. The molecule has 1 aliphatic heterocycles. The number of carbonyl (C=O) groups is 1. The Bertz CT molecular complexity index is 369. The lowest BCUT2D eigenvalue weighted by Gasteiger charge is -2.27. The van der Waals surface area contributed by atoms with Gasteiger partial charge in [0, 0.05) is 4.88 Å². The van der Waals surface area contributed by atoms with E-state index in [-0.39, 0.29) is 5.37 Å². The molecule has 1 aromatic heterocycles. The zero-order chi connectivity index (χ0) is 10.8. The van der Waals surface area contributed by atoms with Crippen molar-refractivity contribution < 1.29 is 9.90 Å². The Labute approximate surface area is 101 Å². The van der Waals surface area contributed by atoms with Crippen LogP contribution in [0.25, 0.3) is 0 Å². The monoisotopic (exact) mass is 263 g/mol. The van der Waals surface area contributed by atoms with E-state index in [4.69, 9.17) is 16.7 Å². The van der Waals surface area contributed by atoms with E-state index in [1.54, 1.807) is 11.8 Å². The Hall–Kier alpha value is -0.230. The topological polar surface area (TPSA) is 49.3 Å². The van der Waals surface area contributed by atoms with Gasteiger partial charge < -0.3 is 5.11 Å². The van der Waals surface area contributed by atoms with Crippen LogP contribution in [0, 0.1) is 0 Å². The van der Waals surface area contributed by atoms with E-state index in [0.29, 0.717) is 6.42 Å². The molecule has 1 aliphatic rings. The number of thioether (sulfide) groups is 1. The highest BCUT2D eigenvalue weighted by Crippen LogP contribution is 2.36. The first-order valence-corrected chi connectivity index (χ1v) is 6.77. The van der Waals surface area contributed by atoms with Gasteiger partial charge in [-0.1, -0.05) is 11.6 Å². The number of hydrogen-bond donors (Lipinski definition) is 2. The van der Waals surface area contributed by atoms with E-state index in [1.165, 1.54) is 11.3 Å². The van der Waals surface area contributed by atoms with Gasteiger partial charge in [0.2, 0.25) is 0 Å². The summed E-state index contributed by atoms with van der Waals surface area (Å²) in [7, 11) is 0. The molecule has 0 saturated carbocycles. The summed E-state index contributed by atoms with van der Waals surface area (Å²) in [5.74, 6) is 0.0902. The lowest BCUT2D eigenvalue weighted by Crippen LogP contribution is -2.41. The van der Waals surface area contributed by atoms with Crippen molar-refractivity contribution in [3.63, 3.8) is 0 Å². The number of nitrogens with one attached hydrogen (secondary N) is 1. The largest absolute Gasteiger partial charge is 0.480 e. The van der Waals surface area contributed by atoms with Crippen LogP contribution in [0.15, 0.2) is 12.1 Å². The minimum atomic E-state index is -0.775. The van der Waals surface area contributed by atoms with Gasteiger partial charge in [-0.25, -0.2) is 0 Å². The number of thiophene rings is 1. The molecule has 0 bridgehead atoms. The van der Waals surface area contributed by atoms with Crippen LogP contribution >= 0.6 is 34.7 Å². The van der Waals surface area contributed by atoms with Crippen molar-refractivity contribution in [2.75, 3.05) is 5.75 Å². The van der Waals surface area contributed by atoms with Gasteiger partial charge in [-0.2, -0.15) is 0 Å². The maximum atomic E-state index is 10.8. The Kier molecular flexibility index (Phi) is 3.56. The standard InChI is InChI=1S/C9H10ClNO2S2/c10-7-2-1-6(15-7)8-11-5(9(12)13)3-4-14-8/h1-2,5,8,11H,3-4H2,(H,12,13). The molecule has 2 N–H and O–H groups in total. The molecule has 3 nitrogen and oxygen atoms in total. The molecule has 2 unspecified atom stereocenters. The van der Waals surface area contributed by atoms with Gasteiger partial charge in [-0.3, -0.25) is 10.1 Å². The number of hydrogen-bond acceptors (Lipinski definition) is 4. The van der Waals surface area contributed by atoms with Gasteiger partial charge in [-0.05, 0) is 24.3 Å². The third-order valence-electron chi connectivity index (χ3n) is 2.19. The van der Waals surface area contributed by atoms with Gasteiger partial charge in [0.1, 0.15) is 6.04 Å². The molecule has 1 saturated heterocycles. The molecule has 6 heteroatoms. The number of rotatable bonds is 2. The smallest absolute Gasteiger partial charge is 0.320 e. The minimum Gasteiger partial charge on any atom is -0.480 e. The average molecular weight is 264 g/mol. The van der Waals surface area contributed by atoms with Gasteiger partial charge in [0.15, 0.2) is 0 Å². The van der Waals surface area contributed by atoms with Gasteiger partial charge in [0.05, 0.1) is 9.71 Å². The second-order valence-corrected chi connectivity index (χ2v) is 6.20. The summed E-state index contributed by atoms with van der Waals surface area (Å²) in [4.78, 5) is 11.9. The molecule has 1 aromatic rings. The summed E-state index contributed by atoms with van der Waals surface area (Å²) in [5, 5.41) is 12.1. The Morgan fingerprint density at radius 1 is 1.60 bits per heavy atom. The van der Waals surface area contributed by atoms with Crippen molar-refractivity contribution in [1.29, 1.82) is 0 Å². The summed E-state index contributed by atoms with van der Waals surface area (Å²) in [6, 6.07) is 3.35. The maximum absolute atomic E-state index is 10.8. The Morgan fingerprint density at radius 3 is 3.00 bits per heavy atom. The van der Waals surface area contributed by atoms with E-state index in [0.717, 1.165) is 15.0 Å². The van der Waals surface area contributed by atoms with E-state index in [2.05, 4.69) is 5.32 Å². The molecule has 0 radical (unpaired) electrons. The van der Waals surface area contributed by atoms with Crippen molar-refractivity contribution in [1.82, 2.24) is 5.32 Å². The predicted molar refractivity (Wildman–Crippen MR) is 63.7 cm³/mol.